The molecule has 5 nitrogen and oxygen atoms in total. The molecule has 0 spiro atoms. The summed E-state index contributed by atoms with van der Waals surface area (Å²) in [5.74, 6) is 0.492. The Morgan fingerprint density at radius 3 is 2.54 bits per heavy atom. The van der Waals surface area contributed by atoms with E-state index in [-0.39, 0.29) is 17.5 Å². The second-order valence-corrected chi connectivity index (χ2v) is 8.48. The lowest BCUT2D eigenvalue weighted by molar-refractivity contribution is -0.134. The molecular weight excluding hydrogens is 346 g/mol. The molecule has 0 radical (unpaired) electrons. The molecule has 1 aliphatic heterocycles. The number of carbonyl (C=O) groups excluding carboxylic acids is 1. The second-order valence-electron chi connectivity index (χ2n) is 7.54. The number of likely N-dealkylation sites (tertiary alicyclic amines) is 1. The van der Waals surface area contributed by atoms with Gasteiger partial charge < -0.3 is 4.90 Å². The lowest BCUT2D eigenvalue weighted by atomic mass is 9.98. The lowest BCUT2D eigenvalue weighted by Crippen LogP contribution is -2.48. The van der Waals surface area contributed by atoms with Crippen molar-refractivity contribution in [2.45, 2.75) is 69.2 Å². The molecule has 0 bridgehead atoms. The maximum atomic E-state index is 12.9. The summed E-state index contributed by atoms with van der Waals surface area (Å²) in [7, 11) is 0. The number of hydrogen-bond donors (Lipinski definition) is 0. The average Bonchev–Trinajstić information content (AvgIpc) is 3.45. The van der Waals surface area contributed by atoms with Gasteiger partial charge in [0, 0.05) is 18.1 Å². The van der Waals surface area contributed by atoms with E-state index in [0.29, 0.717) is 33.9 Å². The van der Waals surface area contributed by atoms with E-state index in [1.807, 2.05) is 33.7 Å². The van der Waals surface area contributed by atoms with Crippen LogP contribution in [0.3, 0.4) is 0 Å². The van der Waals surface area contributed by atoms with Crippen LogP contribution in [0.15, 0.2) is 34.2 Å². The van der Waals surface area contributed by atoms with Gasteiger partial charge >= 0.3 is 0 Å². The Morgan fingerprint density at radius 1 is 1.15 bits per heavy atom. The average molecular weight is 372 g/mol. The third-order valence-corrected chi connectivity index (χ3v) is 6.43. The van der Waals surface area contributed by atoms with E-state index in [1.54, 1.807) is 0 Å². The highest BCUT2D eigenvalue weighted by atomic mass is 32.2. The van der Waals surface area contributed by atoms with Gasteiger partial charge in [-0.25, -0.2) is 4.98 Å². The number of fused-ring (bicyclic) bond motifs is 1. The Morgan fingerprint density at radius 2 is 1.85 bits per heavy atom. The van der Waals surface area contributed by atoms with E-state index in [9.17, 15) is 9.59 Å². The summed E-state index contributed by atoms with van der Waals surface area (Å²) in [4.78, 5) is 32.5. The van der Waals surface area contributed by atoms with Crippen molar-refractivity contribution in [1.29, 1.82) is 0 Å². The first-order valence-corrected chi connectivity index (χ1v) is 10.5. The predicted octanol–water partition coefficient (Wildman–Crippen LogP) is 3.61. The number of carbonyl (C=O) groups is 1. The van der Waals surface area contributed by atoms with Gasteiger partial charge in [0.2, 0.25) is 5.91 Å². The quantitative estimate of drug-likeness (QED) is 0.608. The number of amides is 1. The van der Waals surface area contributed by atoms with Gasteiger partial charge in [0.25, 0.3) is 5.56 Å². The zero-order valence-electron chi connectivity index (χ0n) is 15.4. The molecule has 2 aromatic rings. The molecule has 26 heavy (non-hydrogen) atoms. The number of hydrogen-bond acceptors (Lipinski definition) is 4. The highest BCUT2D eigenvalue weighted by molar-refractivity contribution is 7.99. The highest BCUT2D eigenvalue weighted by Crippen LogP contribution is 2.37. The summed E-state index contributed by atoms with van der Waals surface area (Å²) < 4.78 is 1.81. The molecular formula is C20H25N3O2S. The van der Waals surface area contributed by atoms with Crippen LogP contribution >= 0.6 is 11.8 Å². The number of aromatic nitrogens is 2. The van der Waals surface area contributed by atoms with Gasteiger partial charge in [-0.3, -0.25) is 14.2 Å². The molecule has 1 aliphatic carbocycles. The number of thioether (sulfide) groups is 1. The third kappa shape index (κ3) is 3.27. The SMILES string of the molecule is C[C@@H]1CCC[C@@H](C)N1C(=O)CSc1nc2ccccc2c(=O)n1C1CC1. The molecule has 2 aliphatic rings. The fraction of sp³-hybridized carbons (Fsp3) is 0.550. The molecule has 0 unspecified atom stereocenters. The molecule has 138 valence electrons. The predicted molar refractivity (Wildman–Crippen MR) is 105 cm³/mol. The minimum absolute atomic E-state index is 0.0211. The summed E-state index contributed by atoms with van der Waals surface area (Å²) in [6.07, 6.45) is 5.36. The van der Waals surface area contributed by atoms with Crippen molar-refractivity contribution in [3.63, 3.8) is 0 Å². The van der Waals surface area contributed by atoms with Crippen molar-refractivity contribution in [3.8, 4) is 0 Å². The minimum Gasteiger partial charge on any atom is -0.337 e. The Hall–Kier alpha value is -1.82. The van der Waals surface area contributed by atoms with E-state index in [0.717, 1.165) is 25.7 Å². The molecule has 1 aromatic carbocycles. The van der Waals surface area contributed by atoms with Crippen molar-refractivity contribution >= 4 is 28.6 Å². The molecule has 1 saturated carbocycles. The maximum absolute atomic E-state index is 12.9. The van der Waals surface area contributed by atoms with Crippen LogP contribution < -0.4 is 5.56 Å². The topological polar surface area (TPSA) is 55.2 Å². The van der Waals surface area contributed by atoms with E-state index in [2.05, 4.69) is 13.8 Å². The van der Waals surface area contributed by atoms with Crippen LogP contribution in [0.2, 0.25) is 0 Å². The van der Waals surface area contributed by atoms with Gasteiger partial charge in [-0.15, -0.1) is 0 Å². The van der Waals surface area contributed by atoms with E-state index >= 15 is 0 Å². The van der Waals surface area contributed by atoms with E-state index in [4.69, 9.17) is 4.98 Å². The maximum Gasteiger partial charge on any atom is 0.262 e. The molecule has 1 saturated heterocycles. The molecule has 1 aromatic heterocycles. The van der Waals surface area contributed by atoms with Gasteiger partial charge in [0.15, 0.2) is 5.16 Å². The highest BCUT2D eigenvalue weighted by Gasteiger charge is 2.31. The van der Waals surface area contributed by atoms with E-state index in [1.165, 1.54) is 18.2 Å². The Labute approximate surface area is 157 Å². The van der Waals surface area contributed by atoms with Crippen molar-refractivity contribution < 1.29 is 4.79 Å². The number of rotatable bonds is 4. The van der Waals surface area contributed by atoms with Gasteiger partial charge in [0.1, 0.15) is 0 Å². The first kappa shape index (κ1) is 17.6. The zero-order chi connectivity index (χ0) is 18.3. The number of piperidine rings is 1. The molecule has 6 heteroatoms. The van der Waals surface area contributed by atoms with Gasteiger partial charge in [-0.2, -0.15) is 0 Å². The molecule has 0 N–H and O–H groups in total. The van der Waals surface area contributed by atoms with Gasteiger partial charge in [-0.1, -0.05) is 23.9 Å². The third-order valence-electron chi connectivity index (χ3n) is 5.49. The van der Waals surface area contributed by atoms with Crippen LogP contribution in [0.4, 0.5) is 0 Å². The first-order valence-electron chi connectivity index (χ1n) is 9.51. The van der Waals surface area contributed by atoms with Gasteiger partial charge in [-0.05, 0) is 58.1 Å². The number of para-hydroxylation sites is 1. The number of benzene rings is 1. The standard InChI is InChI=1S/C20H25N3O2S/c1-13-6-5-7-14(2)22(13)18(24)12-26-20-21-17-9-4-3-8-16(17)19(25)23(20)15-10-11-15/h3-4,8-9,13-15H,5-7,10-12H2,1-2H3/t13-,14-/m1/s1. The fourth-order valence-electron chi connectivity index (χ4n) is 4.00. The summed E-state index contributed by atoms with van der Waals surface area (Å²) in [5, 5.41) is 1.34. The van der Waals surface area contributed by atoms with Crippen molar-refractivity contribution in [2.24, 2.45) is 0 Å². The Balaban J connectivity index is 1.60. The van der Waals surface area contributed by atoms with Crippen LogP contribution in [0, 0.1) is 0 Å². The van der Waals surface area contributed by atoms with E-state index < -0.39 is 0 Å². The van der Waals surface area contributed by atoms with Crippen molar-refractivity contribution in [1.82, 2.24) is 14.5 Å². The molecule has 2 atom stereocenters. The number of nitrogens with zero attached hydrogens (tertiary/aromatic N) is 3. The van der Waals surface area contributed by atoms with Gasteiger partial charge in [0.05, 0.1) is 16.7 Å². The second kappa shape index (κ2) is 7.06. The molecule has 2 heterocycles. The first-order chi connectivity index (χ1) is 12.6. The molecule has 4 rings (SSSR count). The summed E-state index contributed by atoms with van der Waals surface area (Å²) in [6, 6.07) is 8.30. The van der Waals surface area contributed by atoms with Crippen LogP contribution in [-0.4, -0.2) is 38.2 Å². The molecule has 2 fully saturated rings. The summed E-state index contributed by atoms with van der Waals surface area (Å²) in [5.41, 5.74) is 0.733. The van der Waals surface area contributed by atoms with Crippen molar-refractivity contribution in [3.05, 3.63) is 34.6 Å². The minimum atomic E-state index is 0.0211. The summed E-state index contributed by atoms with van der Waals surface area (Å²) >= 11 is 1.41. The van der Waals surface area contributed by atoms with Crippen molar-refractivity contribution in [2.75, 3.05) is 5.75 Å². The zero-order valence-corrected chi connectivity index (χ0v) is 16.2. The summed E-state index contributed by atoms with van der Waals surface area (Å²) in [6.45, 7) is 4.26. The van der Waals surface area contributed by atoms with Crippen LogP contribution in [0.1, 0.15) is 52.0 Å². The lowest BCUT2D eigenvalue weighted by Gasteiger charge is -2.39. The monoisotopic (exact) mass is 371 g/mol. The van der Waals surface area contributed by atoms with Crippen LogP contribution in [0.5, 0.6) is 0 Å². The Bertz CT molecular complexity index is 880. The Kier molecular flexibility index (Phi) is 4.78. The van der Waals surface area contributed by atoms with Crippen LogP contribution in [-0.2, 0) is 4.79 Å². The smallest absolute Gasteiger partial charge is 0.262 e. The molecule has 1 amide bonds. The fourth-order valence-corrected chi connectivity index (χ4v) is 4.93. The largest absolute Gasteiger partial charge is 0.337 e. The van der Waals surface area contributed by atoms with Crippen LogP contribution in [0.25, 0.3) is 10.9 Å². The normalized spacial score (nSPS) is 23.4.